The van der Waals surface area contributed by atoms with Crippen LogP contribution in [0.1, 0.15) is 35.7 Å². The Morgan fingerprint density at radius 3 is 2.78 bits per heavy atom. The number of hydrogen-bond acceptors (Lipinski definition) is 3. The van der Waals surface area contributed by atoms with Gasteiger partial charge in [0.25, 0.3) is 0 Å². The standard InChI is InChI=1S/C17H17Cl2NO2S/c18-11-6-7-12(13(19)10-11)16(15-5-3-9-23-15)20-8-2-1-4-14(20)17(21)22/h3,5-7,9-10,14,16H,1-2,4,8H2,(H,21,22). The summed E-state index contributed by atoms with van der Waals surface area (Å²) in [4.78, 5) is 14.9. The van der Waals surface area contributed by atoms with Gasteiger partial charge in [-0.1, -0.05) is 41.8 Å². The smallest absolute Gasteiger partial charge is 0.320 e. The summed E-state index contributed by atoms with van der Waals surface area (Å²) >= 11 is 14.1. The van der Waals surface area contributed by atoms with Crippen molar-refractivity contribution in [2.75, 3.05) is 6.54 Å². The molecular weight excluding hydrogens is 353 g/mol. The summed E-state index contributed by atoms with van der Waals surface area (Å²) in [5.74, 6) is -0.767. The number of rotatable bonds is 4. The van der Waals surface area contributed by atoms with E-state index in [4.69, 9.17) is 23.2 Å². The van der Waals surface area contributed by atoms with Crippen molar-refractivity contribution in [3.63, 3.8) is 0 Å². The van der Waals surface area contributed by atoms with E-state index in [1.807, 2.05) is 29.6 Å². The summed E-state index contributed by atoms with van der Waals surface area (Å²) in [5.41, 5.74) is 0.909. The predicted octanol–water partition coefficient (Wildman–Crippen LogP) is 5.08. The number of piperidine rings is 1. The maximum Gasteiger partial charge on any atom is 0.320 e. The summed E-state index contributed by atoms with van der Waals surface area (Å²) in [7, 11) is 0. The molecule has 6 heteroatoms. The normalized spacial score (nSPS) is 20.3. The number of likely N-dealkylation sites (tertiary alicyclic amines) is 1. The van der Waals surface area contributed by atoms with Crippen molar-refractivity contribution >= 4 is 40.5 Å². The molecule has 23 heavy (non-hydrogen) atoms. The van der Waals surface area contributed by atoms with Gasteiger partial charge in [0.2, 0.25) is 0 Å². The number of nitrogens with zero attached hydrogens (tertiary/aromatic N) is 1. The van der Waals surface area contributed by atoms with Crippen molar-refractivity contribution in [2.24, 2.45) is 0 Å². The van der Waals surface area contributed by atoms with Crippen molar-refractivity contribution in [1.29, 1.82) is 0 Å². The number of carboxylic acids is 1. The van der Waals surface area contributed by atoms with Crippen LogP contribution in [0.2, 0.25) is 10.0 Å². The Kier molecular flexibility index (Phi) is 5.27. The first-order valence-corrected chi connectivity index (χ1v) is 9.18. The van der Waals surface area contributed by atoms with E-state index in [2.05, 4.69) is 4.90 Å². The molecule has 1 N–H and O–H groups in total. The summed E-state index contributed by atoms with van der Waals surface area (Å²) in [5, 5.41) is 12.8. The molecule has 1 aromatic heterocycles. The Morgan fingerprint density at radius 1 is 1.30 bits per heavy atom. The van der Waals surface area contributed by atoms with E-state index in [-0.39, 0.29) is 6.04 Å². The molecule has 0 bridgehead atoms. The lowest BCUT2D eigenvalue weighted by Crippen LogP contribution is -2.46. The van der Waals surface area contributed by atoms with Crippen LogP contribution in [-0.2, 0) is 4.79 Å². The predicted molar refractivity (Wildman–Crippen MR) is 94.6 cm³/mol. The van der Waals surface area contributed by atoms with Crippen molar-refractivity contribution < 1.29 is 9.90 Å². The molecule has 3 nitrogen and oxygen atoms in total. The number of carbonyl (C=O) groups is 1. The molecule has 0 spiro atoms. The van der Waals surface area contributed by atoms with Gasteiger partial charge in [0.05, 0.1) is 6.04 Å². The van der Waals surface area contributed by atoms with Crippen LogP contribution in [-0.4, -0.2) is 28.6 Å². The highest BCUT2D eigenvalue weighted by Crippen LogP contribution is 2.39. The monoisotopic (exact) mass is 369 g/mol. The Hall–Kier alpha value is -1.07. The van der Waals surface area contributed by atoms with E-state index in [0.717, 1.165) is 29.8 Å². The highest BCUT2D eigenvalue weighted by molar-refractivity contribution is 7.10. The Labute approximate surface area is 149 Å². The van der Waals surface area contributed by atoms with Gasteiger partial charge in [-0.15, -0.1) is 11.3 Å². The van der Waals surface area contributed by atoms with E-state index in [0.29, 0.717) is 16.5 Å². The molecule has 1 aliphatic heterocycles. The molecular formula is C17H17Cl2NO2S. The maximum atomic E-state index is 11.7. The molecule has 2 aromatic rings. The molecule has 122 valence electrons. The average Bonchev–Trinajstić information content (AvgIpc) is 3.04. The van der Waals surface area contributed by atoms with Gasteiger partial charge in [-0.25, -0.2) is 0 Å². The molecule has 1 saturated heterocycles. The third kappa shape index (κ3) is 3.56. The van der Waals surface area contributed by atoms with Gasteiger partial charge >= 0.3 is 5.97 Å². The SMILES string of the molecule is O=C(O)C1CCCCN1C(c1cccs1)c1ccc(Cl)cc1Cl. The lowest BCUT2D eigenvalue weighted by molar-refractivity contribution is -0.145. The summed E-state index contributed by atoms with van der Waals surface area (Å²) in [6.07, 6.45) is 2.61. The first-order chi connectivity index (χ1) is 11.1. The number of hydrogen-bond donors (Lipinski definition) is 1. The van der Waals surface area contributed by atoms with Crippen LogP contribution in [0.3, 0.4) is 0 Å². The van der Waals surface area contributed by atoms with Crippen LogP contribution in [0.25, 0.3) is 0 Å². The van der Waals surface area contributed by atoms with Crippen molar-refractivity contribution in [2.45, 2.75) is 31.3 Å². The Bertz CT molecular complexity index is 690. The van der Waals surface area contributed by atoms with E-state index >= 15 is 0 Å². The minimum absolute atomic E-state index is 0.152. The lowest BCUT2D eigenvalue weighted by atomic mass is 9.95. The van der Waals surface area contributed by atoms with Crippen LogP contribution in [0.4, 0.5) is 0 Å². The fourth-order valence-corrected chi connectivity index (χ4v) is 4.57. The van der Waals surface area contributed by atoms with E-state index in [9.17, 15) is 9.90 Å². The van der Waals surface area contributed by atoms with E-state index in [1.165, 1.54) is 0 Å². The molecule has 2 unspecified atom stereocenters. The Morgan fingerprint density at radius 2 is 2.13 bits per heavy atom. The molecule has 0 amide bonds. The number of aliphatic carboxylic acids is 1. The molecule has 1 aliphatic rings. The fourth-order valence-electron chi connectivity index (χ4n) is 3.19. The quantitative estimate of drug-likeness (QED) is 0.816. The minimum atomic E-state index is -0.767. The summed E-state index contributed by atoms with van der Waals surface area (Å²) in [6.45, 7) is 0.749. The number of thiophene rings is 1. The highest BCUT2D eigenvalue weighted by atomic mass is 35.5. The summed E-state index contributed by atoms with van der Waals surface area (Å²) < 4.78 is 0. The molecule has 2 atom stereocenters. The molecule has 1 aromatic carbocycles. The maximum absolute atomic E-state index is 11.7. The average molecular weight is 370 g/mol. The second kappa shape index (κ2) is 7.22. The largest absolute Gasteiger partial charge is 0.480 e. The molecule has 1 fully saturated rings. The second-order valence-corrected chi connectivity index (χ2v) is 7.49. The van der Waals surface area contributed by atoms with Crippen LogP contribution in [0.5, 0.6) is 0 Å². The third-order valence-electron chi connectivity index (χ3n) is 4.23. The first kappa shape index (κ1) is 16.8. The van der Waals surface area contributed by atoms with Crippen molar-refractivity contribution in [3.05, 3.63) is 56.2 Å². The third-order valence-corrected chi connectivity index (χ3v) is 5.72. The van der Waals surface area contributed by atoms with Gasteiger partial charge in [0, 0.05) is 14.9 Å². The zero-order valence-corrected chi connectivity index (χ0v) is 14.7. The zero-order chi connectivity index (χ0) is 16.4. The van der Waals surface area contributed by atoms with Crippen LogP contribution >= 0.6 is 34.5 Å². The molecule has 0 radical (unpaired) electrons. The molecule has 3 rings (SSSR count). The van der Waals surface area contributed by atoms with Crippen LogP contribution < -0.4 is 0 Å². The molecule has 0 saturated carbocycles. The molecule has 2 heterocycles. The van der Waals surface area contributed by atoms with Crippen LogP contribution in [0, 0.1) is 0 Å². The van der Waals surface area contributed by atoms with Gasteiger partial charge in [0.15, 0.2) is 0 Å². The van der Waals surface area contributed by atoms with E-state index in [1.54, 1.807) is 17.4 Å². The van der Waals surface area contributed by atoms with Gasteiger partial charge in [0.1, 0.15) is 6.04 Å². The topological polar surface area (TPSA) is 40.5 Å². The second-order valence-electron chi connectivity index (χ2n) is 5.67. The molecule has 0 aliphatic carbocycles. The number of benzene rings is 1. The van der Waals surface area contributed by atoms with Crippen molar-refractivity contribution in [1.82, 2.24) is 4.90 Å². The Balaban J connectivity index is 2.07. The summed E-state index contributed by atoms with van der Waals surface area (Å²) in [6, 6.07) is 8.82. The lowest BCUT2D eigenvalue weighted by Gasteiger charge is -2.39. The van der Waals surface area contributed by atoms with Gasteiger partial charge in [-0.2, -0.15) is 0 Å². The van der Waals surface area contributed by atoms with Crippen LogP contribution in [0.15, 0.2) is 35.7 Å². The fraction of sp³-hybridized carbons (Fsp3) is 0.353. The number of carboxylic acid groups (broad SMARTS) is 1. The highest BCUT2D eigenvalue weighted by Gasteiger charge is 2.36. The zero-order valence-electron chi connectivity index (χ0n) is 12.4. The van der Waals surface area contributed by atoms with Crippen molar-refractivity contribution in [3.8, 4) is 0 Å². The first-order valence-electron chi connectivity index (χ1n) is 7.55. The minimum Gasteiger partial charge on any atom is -0.480 e. The number of halogens is 2. The van der Waals surface area contributed by atoms with Gasteiger partial charge in [-0.3, -0.25) is 9.69 Å². The van der Waals surface area contributed by atoms with Gasteiger partial charge < -0.3 is 5.11 Å². The van der Waals surface area contributed by atoms with E-state index < -0.39 is 12.0 Å². The van der Waals surface area contributed by atoms with Gasteiger partial charge in [-0.05, 0) is 48.5 Å².